The number of aliphatic hydroxyl groups is 1. The van der Waals surface area contributed by atoms with Crippen LogP contribution >= 0.6 is 11.3 Å². The number of halogens is 1. The first-order valence-corrected chi connectivity index (χ1v) is 12.5. The number of thiophene rings is 1. The lowest BCUT2D eigenvalue weighted by molar-refractivity contribution is 0.0786. The molecule has 0 saturated carbocycles. The first-order chi connectivity index (χ1) is 16.9. The summed E-state index contributed by atoms with van der Waals surface area (Å²) in [5, 5.41) is 14.1. The molecule has 4 rings (SSSR count). The van der Waals surface area contributed by atoms with E-state index in [9.17, 15) is 19.1 Å². The van der Waals surface area contributed by atoms with Crippen LogP contribution in [0.2, 0.25) is 0 Å². The fourth-order valence-corrected chi connectivity index (χ4v) is 5.26. The van der Waals surface area contributed by atoms with Crippen LogP contribution in [0.1, 0.15) is 47.1 Å². The molecule has 0 fully saturated rings. The number of nitrogens with zero attached hydrogens (tertiary/aromatic N) is 1. The van der Waals surface area contributed by atoms with Gasteiger partial charge in [0.15, 0.2) is 0 Å². The predicted molar refractivity (Wildman–Crippen MR) is 142 cm³/mol. The van der Waals surface area contributed by atoms with E-state index in [-0.39, 0.29) is 17.3 Å². The number of nitrogens with one attached hydrogen (secondary N) is 1. The molecule has 36 heavy (non-hydrogen) atoms. The van der Waals surface area contributed by atoms with Gasteiger partial charge in [0.2, 0.25) is 0 Å². The SMILES string of the molecule is CCNC(=O)c1cc2c(-c3cc(C(C)(C)O)ccc3Oc3c(C)cc(F)cc3C)cn(C)c(=O)c2s1. The fraction of sp³-hybridized carbons (Fsp3) is 0.286. The highest BCUT2D eigenvalue weighted by Crippen LogP contribution is 2.42. The van der Waals surface area contributed by atoms with Crippen LogP contribution in [0, 0.1) is 19.7 Å². The van der Waals surface area contributed by atoms with Gasteiger partial charge in [0.1, 0.15) is 22.0 Å². The van der Waals surface area contributed by atoms with Gasteiger partial charge in [0, 0.05) is 36.3 Å². The van der Waals surface area contributed by atoms with Crippen molar-refractivity contribution in [3.63, 3.8) is 0 Å². The normalized spacial score (nSPS) is 11.7. The van der Waals surface area contributed by atoms with E-state index in [0.29, 0.717) is 60.8 Å². The van der Waals surface area contributed by atoms with E-state index in [1.54, 1.807) is 59.1 Å². The molecule has 188 valence electrons. The minimum atomic E-state index is -1.13. The molecule has 0 atom stereocenters. The first-order valence-electron chi connectivity index (χ1n) is 11.6. The van der Waals surface area contributed by atoms with Crippen LogP contribution in [0.5, 0.6) is 11.5 Å². The second kappa shape index (κ2) is 9.52. The molecule has 2 aromatic heterocycles. The summed E-state index contributed by atoms with van der Waals surface area (Å²) in [6, 6.07) is 9.91. The summed E-state index contributed by atoms with van der Waals surface area (Å²) in [5.41, 5.74) is 1.92. The van der Waals surface area contributed by atoms with Crippen molar-refractivity contribution in [3.8, 4) is 22.6 Å². The van der Waals surface area contributed by atoms with Crippen molar-refractivity contribution in [1.29, 1.82) is 0 Å². The number of rotatable bonds is 6. The quantitative estimate of drug-likeness (QED) is 0.345. The number of pyridine rings is 1. The van der Waals surface area contributed by atoms with Crippen molar-refractivity contribution in [2.45, 2.75) is 40.2 Å². The average Bonchev–Trinajstić information content (AvgIpc) is 3.24. The monoisotopic (exact) mass is 508 g/mol. The smallest absolute Gasteiger partial charge is 0.268 e. The Morgan fingerprint density at radius 3 is 2.42 bits per heavy atom. The van der Waals surface area contributed by atoms with Crippen LogP contribution < -0.4 is 15.6 Å². The Kier molecular flexibility index (Phi) is 6.77. The van der Waals surface area contributed by atoms with Gasteiger partial charge in [0.25, 0.3) is 11.5 Å². The minimum Gasteiger partial charge on any atom is -0.456 e. The zero-order chi connectivity index (χ0) is 26.4. The molecule has 0 spiro atoms. The van der Waals surface area contributed by atoms with Gasteiger partial charge in [-0.05, 0) is 81.6 Å². The maximum atomic E-state index is 13.9. The highest BCUT2D eigenvalue weighted by Gasteiger charge is 2.23. The molecule has 8 heteroatoms. The zero-order valence-electron chi connectivity index (χ0n) is 21.2. The summed E-state index contributed by atoms with van der Waals surface area (Å²) >= 11 is 1.14. The average molecular weight is 509 g/mol. The highest BCUT2D eigenvalue weighted by atomic mass is 32.1. The third-order valence-corrected chi connectivity index (χ3v) is 7.16. The summed E-state index contributed by atoms with van der Waals surface area (Å²) in [4.78, 5) is 26.0. The summed E-state index contributed by atoms with van der Waals surface area (Å²) in [5.74, 6) is 0.423. The van der Waals surface area contributed by atoms with E-state index in [1.807, 2.05) is 13.0 Å². The van der Waals surface area contributed by atoms with Gasteiger partial charge >= 0.3 is 0 Å². The number of hydrogen-bond donors (Lipinski definition) is 2. The van der Waals surface area contributed by atoms with E-state index in [4.69, 9.17) is 4.74 Å². The van der Waals surface area contributed by atoms with E-state index >= 15 is 0 Å². The van der Waals surface area contributed by atoms with Gasteiger partial charge in [-0.1, -0.05) is 6.07 Å². The third kappa shape index (κ3) is 4.79. The van der Waals surface area contributed by atoms with Crippen LogP contribution in [0.4, 0.5) is 4.39 Å². The van der Waals surface area contributed by atoms with E-state index < -0.39 is 5.60 Å². The molecular weight excluding hydrogens is 479 g/mol. The number of carbonyl (C=O) groups excluding carboxylic acids is 1. The maximum Gasteiger partial charge on any atom is 0.268 e. The summed E-state index contributed by atoms with van der Waals surface area (Å²) < 4.78 is 22.2. The Balaban J connectivity index is 2.00. The Bertz CT molecular complexity index is 1520. The number of aryl methyl sites for hydroxylation is 3. The van der Waals surface area contributed by atoms with Crippen molar-refractivity contribution in [3.05, 3.63) is 80.3 Å². The summed E-state index contributed by atoms with van der Waals surface area (Å²) in [6.07, 6.45) is 1.71. The second-order valence-electron chi connectivity index (χ2n) is 9.41. The number of hydrogen-bond acceptors (Lipinski definition) is 5. The van der Waals surface area contributed by atoms with Crippen molar-refractivity contribution in [2.24, 2.45) is 7.05 Å². The molecule has 2 aromatic carbocycles. The topological polar surface area (TPSA) is 80.6 Å². The lowest BCUT2D eigenvalue weighted by Gasteiger charge is -2.22. The molecule has 0 aliphatic carbocycles. The Labute approximate surface area is 213 Å². The second-order valence-corrected chi connectivity index (χ2v) is 10.5. The van der Waals surface area contributed by atoms with Gasteiger partial charge in [-0.3, -0.25) is 9.59 Å². The maximum absolute atomic E-state index is 13.9. The van der Waals surface area contributed by atoms with Gasteiger partial charge in [-0.15, -0.1) is 11.3 Å². The van der Waals surface area contributed by atoms with Crippen LogP contribution in [-0.2, 0) is 12.6 Å². The molecule has 1 amide bonds. The molecule has 4 aromatic rings. The summed E-state index contributed by atoms with van der Waals surface area (Å²) in [7, 11) is 1.66. The van der Waals surface area contributed by atoms with Crippen molar-refractivity contribution >= 4 is 27.3 Å². The number of benzene rings is 2. The summed E-state index contributed by atoms with van der Waals surface area (Å²) in [6.45, 7) is 9.24. The number of carbonyl (C=O) groups is 1. The molecule has 0 aliphatic heterocycles. The lowest BCUT2D eigenvalue weighted by atomic mass is 9.93. The van der Waals surface area contributed by atoms with Crippen molar-refractivity contribution < 1.29 is 19.0 Å². The molecule has 0 unspecified atom stereocenters. The molecule has 2 heterocycles. The molecule has 6 nitrogen and oxygen atoms in total. The highest BCUT2D eigenvalue weighted by molar-refractivity contribution is 7.20. The molecule has 0 aliphatic rings. The van der Waals surface area contributed by atoms with Crippen LogP contribution in [0.15, 0.2) is 47.4 Å². The van der Waals surface area contributed by atoms with Gasteiger partial charge < -0.3 is 19.7 Å². The zero-order valence-corrected chi connectivity index (χ0v) is 22.0. The van der Waals surface area contributed by atoms with Crippen molar-refractivity contribution in [1.82, 2.24) is 9.88 Å². The molecule has 0 saturated heterocycles. The lowest BCUT2D eigenvalue weighted by Crippen LogP contribution is -2.21. The first kappa shape index (κ1) is 25.6. The van der Waals surface area contributed by atoms with Gasteiger partial charge in [-0.25, -0.2) is 4.39 Å². The third-order valence-electron chi connectivity index (χ3n) is 6.03. The molecule has 0 radical (unpaired) electrons. The van der Waals surface area contributed by atoms with Gasteiger partial charge in [-0.2, -0.15) is 0 Å². The predicted octanol–water partition coefficient (Wildman–Crippen LogP) is 5.79. The Hall–Kier alpha value is -3.49. The van der Waals surface area contributed by atoms with E-state index in [0.717, 1.165) is 11.3 Å². The van der Waals surface area contributed by atoms with Crippen LogP contribution in [0.3, 0.4) is 0 Å². The molecular formula is C28H29FN2O4S. The van der Waals surface area contributed by atoms with E-state index in [2.05, 4.69) is 5.32 Å². The Morgan fingerprint density at radius 1 is 1.14 bits per heavy atom. The number of ether oxygens (including phenoxy) is 1. The largest absolute Gasteiger partial charge is 0.456 e. The number of aromatic nitrogens is 1. The standard InChI is InChI=1S/C28H29FN2O4S/c1-7-30-26(32)23-13-20-21(14-31(6)27(33)25(20)36-23)19-12-17(28(4,5)34)8-9-22(19)35-24-15(2)10-18(29)11-16(24)3/h8-14,34H,7H2,1-6H3,(H,30,32). The van der Waals surface area contributed by atoms with E-state index in [1.165, 1.54) is 16.7 Å². The van der Waals surface area contributed by atoms with Gasteiger partial charge in [0.05, 0.1) is 10.5 Å². The van der Waals surface area contributed by atoms with Crippen molar-refractivity contribution in [2.75, 3.05) is 6.54 Å². The molecule has 2 N–H and O–H groups in total. The van der Waals surface area contributed by atoms with Crippen LogP contribution in [-0.4, -0.2) is 22.1 Å². The molecule has 0 bridgehead atoms. The minimum absolute atomic E-state index is 0.208. The fourth-order valence-electron chi connectivity index (χ4n) is 4.18. The number of fused-ring (bicyclic) bond motifs is 1. The Morgan fingerprint density at radius 2 is 1.81 bits per heavy atom. The van der Waals surface area contributed by atoms with Crippen LogP contribution in [0.25, 0.3) is 21.2 Å². The number of amides is 1.